The van der Waals surface area contributed by atoms with E-state index in [0.717, 1.165) is 5.56 Å². The first-order chi connectivity index (χ1) is 8.95. The Kier molecular flexibility index (Phi) is 5.48. The SMILES string of the molecule is COC(=O)C(C)(C)CNC(=O)CCc1ccncc1. The number of hydrogen-bond acceptors (Lipinski definition) is 4. The Hall–Kier alpha value is -1.91. The van der Waals surface area contributed by atoms with E-state index in [1.807, 2.05) is 12.1 Å². The van der Waals surface area contributed by atoms with E-state index in [2.05, 4.69) is 15.0 Å². The number of methoxy groups -OCH3 is 1. The summed E-state index contributed by atoms with van der Waals surface area (Å²) in [7, 11) is 1.34. The lowest BCUT2D eigenvalue weighted by Gasteiger charge is -2.21. The maximum atomic E-state index is 11.7. The minimum Gasteiger partial charge on any atom is -0.469 e. The molecule has 0 saturated carbocycles. The summed E-state index contributed by atoms with van der Waals surface area (Å²) in [5, 5.41) is 2.75. The van der Waals surface area contributed by atoms with E-state index in [0.29, 0.717) is 12.8 Å². The highest BCUT2D eigenvalue weighted by Gasteiger charge is 2.28. The van der Waals surface area contributed by atoms with Crippen LogP contribution in [0.15, 0.2) is 24.5 Å². The van der Waals surface area contributed by atoms with Crippen LogP contribution in [0.25, 0.3) is 0 Å². The average molecular weight is 264 g/mol. The van der Waals surface area contributed by atoms with Gasteiger partial charge in [0.2, 0.25) is 5.91 Å². The lowest BCUT2D eigenvalue weighted by molar-refractivity contribution is -0.150. The maximum absolute atomic E-state index is 11.7. The molecule has 0 aliphatic heterocycles. The molecule has 0 saturated heterocycles. The zero-order valence-electron chi connectivity index (χ0n) is 11.6. The van der Waals surface area contributed by atoms with Crippen molar-refractivity contribution in [2.45, 2.75) is 26.7 Å². The average Bonchev–Trinajstić information content (AvgIpc) is 2.43. The fraction of sp³-hybridized carbons (Fsp3) is 0.500. The molecule has 1 aromatic heterocycles. The first kappa shape index (κ1) is 15.1. The summed E-state index contributed by atoms with van der Waals surface area (Å²) < 4.78 is 4.68. The molecule has 1 N–H and O–H groups in total. The summed E-state index contributed by atoms with van der Waals surface area (Å²) in [5.74, 6) is -0.407. The third kappa shape index (κ3) is 5.07. The Morgan fingerprint density at radius 2 is 1.95 bits per heavy atom. The third-order valence-electron chi connectivity index (χ3n) is 2.86. The van der Waals surface area contributed by atoms with Gasteiger partial charge >= 0.3 is 5.97 Å². The number of aryl methyl sites for hydroxylation is 1. The number of carbonyl (C=O) groups is 2. The van der Waals surface area contributed by atoms with E-state index in [1.54, 1.807) is 26.2 Å². The lowest BCUT2D eigenvalue weighted by atomic mass is 9.93. The van der Waals surface area contributed by atoms with Gasteiger partial charge in [-0.1, -0.05) is 0 Å². The highest BCUT2D eigenvalue weighted by Crippen LogP contribution is 2.15. The molecule has 5 heteroatoms. The number of nitrogens with zero attached hydrogens (tertiary/aromatic N) is 1. The van der Waals surface area contributed by atoms with E-state index >= 15 is 0 Å². The van der Waals surface area contributed by atoms with E-state index in [-0.39, 0.29) is 18.4 Å². The molecule has 104 valence electrons. The molecule has 0 spiro atoms. The molecule has 1 aromatic rings. The second-order valence-electron chi connectivity index (χ2n) is 5.01. The molecular formula is C14H20N2O3. The van der Waals surface area contributed by atoms with Crippen molar-refractivity contribution in [2.24, 2.45) is 5.41 Å². The van der Waals surface area contributed by atoms with Gasteiger partial charge in [0, 0.05) is 25.4 Å². The maximum Gasteiger partial charge on any atom is 0.313 e. The number of hydrogen-bond donors (Lipinski definition) is 1. The summed E-state index contributed by atoms with van der Waals surface area (Å²) >= 11 is 0. The number of nitrogens with one attached hydrogen (secondary N) is 1. The van der Waals surface area contributed by atoms with Crippen LogP contribution in [-0.4, -0.2) is 30.5 Å². The highest BCUT2D eigenvalue weighted by molar-refractivity contribution is 5.79. The van der Waals surface area contributed by atoms with Crippen LogP contribution in [0.4, 0.5) is 0 Å². The fourth-order valence-corrected chi connectivity index (χ4v) is 1.56. The number of amides is 1. The van der Waals surface area contributed by atoms with Crippen molar-refractivity contribution in [1.29, 1.82) is 0 Å². The normalized spacial score (nSPS) is 10.9. The molecule has 0 bridgehead atoms. The number of carbonyl (C=O) groups excluding carboxylic acids is 2. The van der Waals surface area contributed by atoms with Crippen LogP contribution in [0, 0.1) is 5.41 Å². The molecule has 0 aromatic carbocycles. The van der Waals surface area contributed by atoms with Crippen molar-refractivity contribution >= 4 is 11.9 Å². The van der Waals surface area contributed by atoms with Crippen molar-refractivity contribution in [3.8, 4) is 0 Å². The molecule has 0 aliphatic carbocycles. The van der Waals surface area contributed by atoms with Crippen LogP contribution in [0.5, 0.6) is 0 Å². The molecule has 5 nitrogen and oxygen atoms in total. The third-order valence-corrected chi connectivity index (χ3v) is 2.86. The zero-order valence-corrected chi connectivity index (χ0v) is 11.6. The van der Waals surface area contributed by atoms with Crippen LogP contribution in [0.3, 0.4) is 0 Å². The minimum atomic E-state index is -0.707. The highest BCUT2D eigenvalue weighted by atomic mass is 16.5. The van der Waals surface area contributed by atoms with Gasteiger partial charge in [0.25, 0.3) is 0 Å². The first-order valence-corrected chi connectivity index (χ1v) is 6.20. The quantitative estimate of drug-likeness (QED) is 0.787. The number of ether oxygens (including phenoxy) is 1. The Bertz CT molecular complexity index is 430. The van der Waals surface area contributed by atoms with E-state index < -0.39 is 5.41 Å². The van der Waals surface area contributed by atoms with E-state index in [9.17, 15) is 9.59 Å². The summed E-state index contributed by atoms with van der Waals surface area (Å²) in [6.45, 7) is 3.75. The summed E-state index contributed by atoms with van der Waals surface area (Å²) in [6, 6.07) is 3.76. The van der Waals surface area contributed by atoms with Gasteiger partial charge < -0.3 is 10.1 Å². The first-order valence-electron chi connectivity index (χ1n) is 6.20. The number of pyridine rings is 1. The van der Waals surface area contributed by atoms with Gasteiger partial charge in [0.1, 0.15) is 0 Å². The Labute approximate surface area is 113 Å². The Morgan fingerprint density at radius 3 is 2.53 bits per heavy atom. The van der Waals surface area contributed by atoms with Crippen molar-refractivity contribution in [2.75, 3.05) is 13.7 Å². The second kappa shape index (κ2) is 6.87. The molecule has 1 heterocycles. The van der Waals surface area contributed by atoms with Gasteiger partial charge in [-0.3, -0.25) is 14.6 Å². The largest absolute Gasteiger partial charge is 0.469 e. The second-order valence-corrected chi connectivity index (χ2v) is 5.01. The van der Waals surface area contributed by atoms with Crippen LogP contribution in [0.1, 0.15) is 25.8 Å². The van der Waals surface area contributed by atoms with Gasteiger partial charge in [-0.15, -0.1) is 0 Å². The van der Waals surface area contributed by atoms with Gasteiger partial charge in [0.05, 0.1) is 12.5 Å². The van der Waals surface area contributed by atoms with E-state index in [1.165, 1.54) is 7.11 Å². The van der Waals surface area contributed by atoms with Gasteiger partial charge in [-0.25, -0.2) is 0 Å². The molecule has 0 atom stereocenters. The summed E-state index contributed by atoms with van der Waals surface area (Å²) in [5.41, 5.74) is 0.360. The molecule has 1 rings (SSSR count). The van der Waals surface area contributed by atoms with Gasteiger partial charge in [-0.05, 0) is 38.0 Å². The smallest absolute Gasteiger partial charge is 0.313 e. The van der Waals surface area contributed by atoms with Gasteiger partial charge in [-0.2, -0.15) is 0 Å². The molecule has 1 amide bonds. The molecular weight excluding hydrogens is 244 g/mol. The number of esters is 1. The molecule has 0 unspecified atom stereocenters. The predicted molar refractivity (Wildman–Crippen MR) is 71.4 cm³/mol. The molecule has 0 aliphatic rings. The van der Waals surface area contributed by atoms with Gasteiger partial charge in [0.15, 0.2) is 0 Å². The summed E-state index contributed by atoms with van der Waals surface area (Å²) in [6.07, 6.45) is 4.45. The van der Waals surface area contributed by atoms with Crippen LogP contribution < -0.4 is 5.32 Å². The topological polar surface area (TPSA) is 68.3 Å². The molecule has 19 heavy (non-hydrogen) atoms. The van der Waals surface area contributed by atoms with E-state index in [4.69, 9.17) is 0 Å². The van der Waals surface area contributed by atoms with Crippen molar-refractivity contribution in [3.05, 3.63) is 30.1 Å². The van der Waals surface area contributed by atoms with Crippen LogP contribution in [0.2, 0.25) is 0 Å². The monoisotopic (exact) mass is 264 g/mol. The Morgan fingerprint density at radius 1 is 1.32 bits per heavy atom. The van der Waals surface area contributed by atoms with Crippen molar-refractivity contribution < 1.29 is 14.3 Å². The molecule has 0 radical (unpaired) electrons. The standard InChI is InChI=1S/C14H20N2O3/c1-14(2,13(18)19-3)10-16-12(17)5-4-11-6-8-15-9-7-11/h6-9H,4-5,10H2,1-3H3,(H,16,17). The zero-order chi connectivity index (χ0) is 14.3. The Balaban J connectivity index is 2.34. The lowest BCUT2D eigenvalue weighted by Crippen LogP contribution is -2.39. The molecule has 0 fully saturated rings. The summed E-state index contributed by atoms with van der Waals surface area (Å²) in [4.78, 5) is 27.1. The van der Waals surface area contributed by atoms with Crippen LogP contribution >= 0.6 is 0 Å². The van der Waals surface area contributed by atoms with Crippen molar-refractivity contribution in [3.63, 3.8) is 0 Å². The predicted octanol–water partition coefficient (Wildman–Crippen LogP) is 1.33. The van der Waals surface area contributed by atoms with Crippen molar-refractivity contribution in [1.82, 2.24) is 10.3 Å². The van der Waals surface area contributed by atoms with Crippen LogP contribution in [-0.2, 0) is 20.7 Å². The minimum absolute atomic E-state index is 0.0752. The number of aromatic nitrogens is 1. The number of rotatable bonds is 6. The fourth-order valence-electron chi connectivity index (χ4n) is 1.56.